The molecule has 2 N–H and O–H groups in total. The van der Waals surface area contributed by atoms with Gasteiger partial charge in [-0.1, -0.05) is 0 Å². The van der Waals surface area contributed by atoms with Gasteiger partial charge in [-0.3, -0.25) is 4.79 Å². The third-order valence-electron chi connectivity index (χ3n) is 2.86. The Hall–Kier alpha value is -0.260. The quantitative estimate of drug-likeness (QED) is 0.670. The number of hydrogen-bond acceptors (Lipinski definition) is 5. The van der Waals surface area contributed by atoms with Crippen LogP contribution in [0.25, 0.3) is 0 Å². The van der Waals surface area contributed by atoms with Gasteiger partial charge in [0.05, 0.1) is 19.1 Å². The summed E-state index contributed by atoms with van der Waals surface area (Å²) in [6.45, 7) is 3.56. The zero-order chi connectivity index (χ0) is 12.5. The van der Waals surface area contributed by atoms with E-state index in [4.69, 9.17) is 4.74 Å². The van der Waals surface area contributed by atoms with Gasteiger partial charge < -0.3 is 15.2 Å². The van der Waals surface area contributed by atoms with Crippen molar-refractivity contribution in [2.24, 2.45) is 5.92 Å². The van der Waals surface area contributed by atoms with Gasteiger partial charge in [-0.2, -0.15) is 11.8 Å². The van der Waals surface area contributed by atoms with Gasteiger partial charge in [0.15, 0.2) is 0 Å². The first-order chi connectivity index (χ1) is 8.22. The molecule has 1 atom stereocenters. The van der Waals surface area contributed by atoms with Crippen molar-refractivity contribution in [3.8, 4) is 0 Å². The minimum Gasteiger partial charge on any atom is -0.466 e. The predicted octanol–water partition coefficient (Wildman–Crippen LogP) is 1.03. The number of nitrogens with one attached hydrogen (secondary N) is 1. The van der Waals surface area contributed by atoms with Gasteiger partial charge in [0, 0.05) is 6.54 Å². The Morgan fingerprint density at radius 1 is 1.53 bits per heavy atom. The second-order valence-corrected chi connectivity index (χ2v) is 5.60. The lowest BCUT2D eigenvalue weighted by Gasteiger charge is -2.22. The van der Waals surface area contributed by atoms with Crippen molar-refractivity contribution in [2.45, 2.75) is 32.3 Å². The maximum Gasteiger partial charge on any atom is 0.308 e. The topological polar surface area (TPSA) is 58.6 Å². The first-order valence-electron chi connectivity index (χ1n) is 6.34. The number of aliphatic hydroxyl groups is 1. The van der Waals surface area contributed by atoms with E-state index in [9.17, 15) is 9.90 Å². The molecule has 100 valence electrons. The monoisotopic (exact) mass is 261 g/mol. The van der Waals surface area contributed by atoms with Crippen molar-refractivity contribution in [3.05, 3.63) is 0 Å². The summed E-state index contributed by atoms with van der Waals surface area (Å²) in [5, 5.41) is 12.8. The summed E-state index contributed by atoms with van der Waals surface area (Å²) in [7, 11) is 0. The largest absolute Gasteiger partial charge is 0.466 e. The van der Waals surface area contributed by atoms with Crippen molar-refractivity contribution >= 4 is 17.7 Å². The van der Waals surface area contributed by atoms with Gasteiger partial charge in [-0.05, 0) is 43.7 Å². The molecule has 1 unspecified atom stereocenters. The highest BCUT2D eigenvalue weighted by molar-refractivity contribution is 7.99. The first-order valence-corrected chi connectivity index (χ1v) is 7.50. The number of thioether (sulfide) groups is 1. The Morgan fingerprint density at radius 2 is 2.24 bits per heavy atom. The maximum absolute atomic E-state index is 11.1. The van der Waals surface area contributed by atoms with E-state index in [1.807, 2.05) is 11.8 Å². The van der Waals surface area contributed by atoms with Gasteiger partial charge >= 0.3 is 5.97 Å². The Labute approximate surface area is 107 Å². The Bertz CT molecular complexity index is 220. The molecule has 1 heterocycles. The van der Waals surface area contributed by atoms with Crippen LogP contribution in [0.5, 0.6) is 0 Å². The Morgan fingerprint density at radius 3 is 2.88 bits per heavy atom. The van der Waals surface area contributed by atoms with E-state index in [0.29, 0.717) is 13.2 Å². The fourth-order valence-electron chi connectivity index (χ4n) is 1.89. The highest BCUT2D eigenvalue weighted by atomic mass is 32.2. The first kappa shape index (κ1) is 14.8. The van der Waals surface area contributed by atoms with Gasteiger partial charge in [-0.15, -0.1) is 0 Å². The number of carbonyl (C=O) groups excluding carboxylic acids is 1. The van der Waals surface area contributed by atoms with Crippen LogP contribution >= 0.6 is 11.8 Å². The normalized spacial score (nSPS) is 18.9. The molecule has 5 heteroatoms. The number of hydrogen-bond donors (Lipinski definition) is 2. The Kier molecular flexibility index (Phi) is 7.64. The fourth-order valence-corrected chi connectivity index (χ4v) is 3.09. The van der Waals surface area contributed by atoms with E-state index < -0.39 is 6.10 Å². The van der Waals surface area contributed by atoms with Crippen LogP contribution in [0.3, 0.4) is 0 Å². The van der Waals surface area contributed by atoms with Crippen LogP contribution in [0.4, 0.5) is 0 Å². The summed E-state index contributed by atoms with van der Waals surface area (Å²) in [6, 6.07) is 0. The van der Waals surface area contributed by atoms with Gasteiger partial charge in [-0.25, -0.2) is 0 Å². The summed E-state index contributed by atoms with van der Waals surface area (Å²) in [6.07, 6.45) is 1.96. The Balaban J connectivity index is 2.02. The molecule has 0 aliphatic carbocycles. The summed E-state index contributed by atoms with van der Waals surface area (Å²) in [5.41, 5.74) is 0. The van der Waals surface area contributed by atoms with E-state index in [-0.39, 0.29) is 12.4 Å². The van der Waals surface area contributed by atoms with Crippen LogP contribution in [0.15, 0.2) is 0 Å². The number of carbonyl (C=O) groups is 1. The molecule has 0 aromatic heterocycles. The molecule has 1 rings (SSSR count). The fraction of sp³-hybridized carbons (Fsp3) is 0.917. The summed E-state index contributed by atoms with van der Waals surface area (Å²) >= 11 is 2.01. The molecule has 4 nitrogen and oxygen atoms in total. The number of ether oxygens (including phenoxy) is 1. The molecule has 0 aromatic rings. The molecule has 0 amide bonds. The molecular weight excluding hydrogens is 238 g/mol. The van der Waals surface area contributed by atoms with Crippen LogP contribution in [0.1, 0.15) is 26.2 Å². The summed E-state index contributed by atoms with van der Waals surface area (Å²) in [4.78, 5) is 11.1. The average Bonchev–Trinajstić information content (AvgIpc) is 2.30. The number of aliphatic hydroxyl groups excluding tert-OH is 1. The maximum atomic E-state index is 11.1. The number of rotatable bonds is 7. The molecule has 0 aromatic carbocycles. The summed E-state index contributed by atoms with van der Waals surface area (Å²) < 4.78 is 4.78. The predicted molar refractivity (Wildman–Crippen MR) is 70.2 cm³/mol. The minimum absolute atomic E-state index is 0.0847. The van der Waals surface area contributed by atoms with Crippen LogP contribution < -0.4 is 5.32 Å². The van der Waals surface area contributed by atoms with E-state index in [1.54, 1.807) is 6.92 Å². The smallest absolute Gasteiger partial charge is 0.308 e. The zero-order valence-corrected chi connectivity index (χ0v) is 11.3. The van der Waals surface area contributed by atoms with Crippen molar-refractivity contribution < 1.29 is 14.6 Å². The van der Waals surface area contributed by atoms with Crippen LogP contribution in [0.2, 0.25) is 0 Å². The van der Waals surface area contributed by atoms with Crippen molar-refractivity contribution in [1.82, 2.24) is 5.32 Å². The van der Waals surface area contributed by atoms with E-state index in [0.717, 1.165) is 12.5 Å². The van der Waals surface area contributed by atoms with E-state index in [1.165, 1.54) is 24.3 Å². The molecule has 0 spiro atoms. The van der Waals surface area contributed by atoms with Crippen molar-refractivity contribution in [2.75, 3.05) is 31.2 Å². The zero-order valence-electron chi connectivity index (χ0n) is 10.5. The lowest BCUT2D eigenvalue weighted by molar-refractivity contribution is -0.145. The number of esters is 1. The third kappa shape index (κ3) is 6.91. The van der Waals surface area contributed by atoms with Crippen LogP contribution in [-0.4, -0.2) is 48.4 Å². The minimum atomic E-state index is -0.632. The lowest BCUT2D eigenvalue weighted by atomic mass is 10.0. The van der Waals surface area contributed by atoms with Crippen molar-refractivity contribution in [1.29, 1.82) is 0 Å². The molecule has 0 bridgehead atoms. The van der Waals surface area contributed by atoms with Gasteiger partial charge in [0.1, 0.15) is 0 Å². The molecular formula is C12H23NO3S. The molecule has 0 saturated carbocycles. The average molecular weight is 261 g/mol. The molecule has 1 aliphatic heterocycles. The van der Waals surface area contributed by atoms with Gasteiger partial charge in [0.2, 0.25) is 0 Å². The van der Waals surface area contributed by atoms with Crippen molar-refractivity contribution in [3.63, 3.8) is 0 Å². The highest BCUT2D eigenvalue weighted by Crippen LogP contribution is 2.21. The van der Waals surface area contributed by atoms with Crippen LogP contribution in [-0.2, 0) is 9.53 Å². The van der Waals surface area contributed by atoms with Gasteiger partial charge in [0.25, 0.3) is 0 Å². The standard InChI is InChI=1S/C12H23NO3S/c1-2-16-12(15)7-11(14)9-13-8-10-3-5-17-6-4-10/h10-11,13-14H,2-9H2,1H3. The summed E-state index contributed by atoms with van der Waals surface area (Å²) in [5.74, 6) is 2.90. The third-order valence-corrected chi connectivity index (χ3v) is 3.91. The van der Waals surface area contributed by atoms with E-state index in [2.05, 4.69) is 5.32 Å². The second-order valence-electron chi connectivity index (χ2n) is 4.38. The molecule has 1 saturated heterocycles. The second kappa shape index (κ2) is 8.78. The van der Waals surface area contributed by atoms with Crippen LogP contribution in [0, 0.1) is 5.92 Å². The molecule has 1 aliphatic rings. The SMILES string of the molecule is CCOC(=O)CC(O)CNCC1CCSCC1. The molecule has 1 fully saturated rings. The molecule has 17 heavy (non-hydrogen) atoms. The lowest BCUT2D eigenvalue weighted by Crippen LogP contribution is -2.33. The highest BCUT2D eigenvalue weighted by Gasteiger charge is 2.15. The molecule has 0 radical (unpaired) electrons. The van der Waals surface area contributed by atoms with E-state index >= 15 is 0 Å².